The van der Waals surface area contributed by atoms with Crippen LogP contribution < -0.4 is 4.74 Å². The van der Waals surface area contributed by atoms with E-state index in [0.29, 0.717) is 22.4 Å². The molecule has 0 aliphatic rings. The second-order valence-corrected chi connectivity index (χ2v) is 9.30. The topological polar surface area (TPSA) is 61.8 Å². The molecule has 0 saturated carbocycles. The molecule has 5 nitrogen and oxygen atoms in total. The molecule has 36 heavy (non-hydrogen) atoms. The largest absolute Gasteiger partial charge is 0.503 e. The van der Waals surface area contributed by atoms with Crippen LogP contribution in [0.4, 0.5) is 0 Å². The van der Waals surface area contributed by atoms with Gasteiger partial charge >= 0.3 is 5.97 Å². The molecule has 5 heteroatoms. The average Bonchev–Trinajstić information content (AvgIpc) is 2.89. The van der Waals surface area contributed by atoms with Gasteiger partial charge in [-0.3, -0.25) is 4.79 Å². The van der Waals surface area contributed by atoms with Crippen LogP contribution >= 0.6 is 0 Å². The first-order valence-electron chi connectivity index (χ1n) is 11.7. The average molecular weight is 485 g/mol. The SMILES string of the molecule is CO/C=C(/C(=O)OC)c1ccccc1COc1cccc(C(=O)/C=C/c2ccc(C(C)(C)C)cc2)c1. The van der Waals surface area contributed by atoms with Gasteiger partial charge in [-0.2, -0.15) is 0 Å². The number of hydrogen-bond acceptors (Lipinski definition) is 5. The molecular formula is C31H32O5. The highest BCUT2D eigenvalue weighted by molar-refractivity contribution is 6.16. The van der Waals surface area contributed by atoms with E-state index in [1.165, 1.54) is 26.0 Å². The summed E-state index contributed by atoms with van der Waals surface area (Å²) in [6, 6.07) is 22.6. The third-order valence-electron chi connectivity index (χ3n) is 5.67. The van der Waals surface area contributed by atoms with Crippen molar-refractivity contribution in [3.05, 3.63) is 113 Å². The molecule has 0 N–H and O–H groups in total. The highest BCUT2D eigenvalue weighted by atomic mass is 16.5. The minimum atomic E-state index is -0.503. The zero-order valence-electron chi connectivity index (χ0n) is 21.4. The summed E-state index contributed by atoms with van der Waals surface area (Å²) in [5, 5.41) is 0. The van der Waals surface area contributed by atoms with Gasteiger partial charge in [0.05, 0.1) is 20.5 Å². The maximum absolute atomic E-state index is 12.8. The fraction of sp³-hybridized carbons (Fsp3) is 0.226. The van der Waals surface area contributed by atoms with E-state index in [0.717, 1.165) is 11.1 Å². The third kappa shape index (κ3) is 6.95. The number of benzene rings is 3. The van der Waals surface area contributed by atoms with E-state index in [9.17, 15) is 9.59 Å². The molecule has 0 aromatic heterocycles. The van der Waals surface area contributed by atoms with E-state index < -0.39 is 5.97 Å². The van der Waals surface area contributed by atoms with Crippen LogP contribution in [0.25, 0.3) is 11.6 Å². The molecule has 0 aliphatic heterocycles. The lowest BCUT2D eigenvalue weighted by Gasteiger charge is -2.18. The molecule has 0 saturated heterocycles. The first-order valence-corrected chi connectivity index (χ1v) is 11.7. The standard InChI is InChI=1S/C31H32O5/c1-31(2,3)25-16-13-22(14-17-25)15-18-29(32)23-10-8-11-26(19-23)36-20-24-9-6-7-12-27(24)28(21-34-4)30(33)35-5/h6-19,21H,20H2,1-5H3/b18-15+,28-21+. The summed E-state index contributed by atoms with van der Waals surface area (Å²) in [5.41, 5.74) is 4.54. The van der Waals surface area contributed by atoms with Crippen LogP contribution in [-0.2, 0) is 26.3 Å². The van der Waals surface area contributed by atoms with Gasteiger partial charge in [0.25, 0.3) is 0 Å². The molecule has 3 aromatic carbocycles. The van der Waals surface area contributed by atoms with Crippen molar-refractivity contribution < 1.29 is 23.8 Å². The first-order chi connectivity index (χ1) is 17.2. The summed E-state index contributed by atoms with van der Waals surface area (Å²) in [6.45, 7) is 6.71. The summed E-state index contributed by atoms with van der Waals surface area (Å²) >= 11 is 0. The van der Waals surface area contributed by atoms with Gasteiger partial charge in [0.15, 0.2) is 5.78 Å². The number of ether oxygens (including phenoxy) is 3. The van der Waals surface area contributed by atoms with Gasteiger partial charge in [0.1, 0.15) is 17.9 Å². The molecule has 3 rings (SSSR count). The Balaban J connectivity index is 1.72. The van der Waals surface area contributed by atoms with Crippen molar-refractivity contribution in [1.29, 1.82) is 0 Å². The second kappa shape index (κ2) is 12.0. The van der Waals surface area contributed by atoms with Gasteiger partial charge < -0.3 is 14.2 Å². The predicted octanol–water partition coefficient (Wildman–Crippen LogP) is 6.62. The summed E-state index contributed by atoms with van der Waals surface area (Å²) in [4.78, 5) is 25.0. The van der Waals surface area contributed by atoms with Crippen molar-refractivity contribution in [2.45, 2.75) is 32.8 Å². The highest BCUT2D eigenvalue weighted by Gasteiger charge is 2.17. The van der Waals surface area contributed by atoms with Gasteiger partial charge in [-0.25, -0.2) is 4.79 Å². The normalized spacial score (nSPS) is 11.9. The van der Waals surface area contributed by atoms with Crippen LogP contribution in [-0.4, -0.2) is 26.0 Å². The zero-order chi connectivity index (χ0) is 26.1. The number of methoxy groups -OCH3 is 2. The maximum Gasteiger partial charge on any atom is 0.341 e. The molecule has 0 atom stereocenters. The number of allylic oxidation sites excluding steroid dienone is 1. The van der Waals surface area contributed by atoms with E-state index in [1.807, 2.05) is 36.4 Å². The molecule has 0 aliphatic carbocycles. The van der Waals surface area contributed by atoms with Crippen molar-refractivity contribution in [3.63, 3.8) is 0 Å². The Hall–Kier alpha value is -4.12. The van der Waals surface area contributed by atoms with E-state index in [4.69, 9.17) is 14.2 Å². The minimum Gasteiger partial charge on any atom is -0.503 e. The predicted molar refractivity (Wildman–Crippen MR) is 143 cm³/mol. The Labute approximate surface area is 213 Å². The Bertz CT molecular complexity index is 1260. The van der Waals surface area contributed by atoms with Crippen LogP contribution in [0.3, 0.4) is 0 Å². The summed E-state index contributed by atoms with van der Waals surface area (Å²) in [5.74, 6) is -0.0672. The third-order valence-corrected chi connectivity index (χ3v) is 5.67. The molecule has 0 heterocycles. The molecule has 0 spiro atoms. The van der Waals surface area contributed by atoms with Crippen molar-refractivity contribution in [2.75, 3.05) is 14.2 Å². The van der Waals surface area contributed by atoms with Gasteiger partial charge in [-0.15, -0.1) is 0 Å². The molecule has 186 valence electrons. The number of esters is 1. The van der Waals surface area contributed by atoms with Gasteiger partial charge in [0.2, 0.25) is 0 Å². The molecule has 0 unspecified atom stereocenters. The summed E-state index contributed by atoms with van der Waals surface area (Å²) in [6.07, 6.45) is 4.74. The van der Waals surface area contributed by atoms with Crippen molar-refractivity contribution in [2.24, 2.45) is 0 Å². The van der Waals surface area contributed by atoms with E-state index in [2.05, 4.69) is 32.9 Å². The number of hydrogen-bond donors (Lipinski definition) is 0. The van der Waals surface area contributed by atoms with Crippen LogP contribution in [0.15, 0.2) is 85.1 Å². The summed E-state index contributed by atoms with van der Waals surface area (Å²) < 4.78 is 15.9. The van der Waals surface area contributed by atoms with Crippen LogP contribution in [0.2, 0.25) is 0 Å². The molecule has 0 radical (unpaired) electrons. The quantitative estimate of drug-likeness (QED) is 0.148. The van der Waals surface area contributed by atoms with E-state index >= 15 is 0 Å². The molecule has 0 bridgehead atoms. The van der Waals surface area contributed by atoms with E-state index in [1.54, 1.807) is 36.4 Å². The van der Waals surface area contributed by atoms with Crippen molar-refractivity contribution in [3.8, 4) is 5.75 Å². The number of carbonyl (C=O) groups excluding carboxylic acids is 2. The molecular weight excluding hydrogens is 452 g/mol. The van der Waals surface area contributed by atoms with Crippen LogP contribution in [0, 0.1) is 0 Å². The second-order valence-electron chi connectivity index (χ2n) is 9.30. The van der Waals surface area contributed by atoms with Crippen LogP contribution in [0.1, 0.15) is 53.4 Å². The smallest absolute Gasteiger partial charge is 0.341 e. The Morgan fingerprint density at radius 2 is 1.61 bits per heavy atom. The van der Waals surface area contributed by atoms with Crippen LogP contribution in [0.5, 0.6) is 5.75 Å². The molecule has 3 aromatic rings. The molecule has 0 fully saturated rings. The van der Waals surface area contributed by atoms with Crippen molar-refractivity contribution in [1.82, 2.24) is 0 Å². The Morgan fingerprint density at radius 3 is 2.28 bits per heavy atom. The number of carbonyl (C=O) groups is 2. The lowest BCUT2D eigenvalue weighted by atomic mass is 9.87. The Kier molecular flexibility index (Phi) is 8.85. The lowest BCUT2D eigenvalue weighted by molar-refractivity contribution is -0.133. The monoisotopic (exact) mass is 484 g/mol. The number of ketones is 1. The maximum atomic E-state index is 12.8. The fourth-order valence-corrected chi connectivity index (χ4v) is 3.62. The summed E-state index contributed by atoms with van der Waals surface area (Å²) in [7, 11) is 2.79. The zero-order valence-corrected chi connectivity index (χ0v) is 21.4. The minimum absolute atomic E-state index is 0.0833. The Morgan fingerprint density at radius 1 is 0.889 bits per heavy atom. The van der Waals surface area contributed by atoms with Gasteiger partial charge in [-0.1, -0.05) is 87.5 Å². The van der Waals surface area contributed by atoms with Crippen molar-refractivity contribution >= 4 is 23.4 Å². The fourth-order valence-electron chi connectivity index (χ4n) is 3.62. The highest BCUT2D eigenvalue weighted by Crippen LogP contribution is 2.24. The number of rotatable bonds is 9. The van der Waals surface area contributed by atoms with Gasteiger partial charge in [-0.05, 0) is 45.9 Å². The first kappa shape index (κ1) is 26.5. The van der Waals surface area contributed by atoms with E-state index in [-0.39, 0.29) is 17.8 Å². The lowest BCUT2D eigenvalue weighted by Crippen LogP contribution is -2.10. The molecule has 0 amide bonds. The van der Waals surface area contributed by atoms with Gasteiger partial charge in [0, 0.05) is 5.56 Å².